The third-order valence-corrected chi connectivity index (χ3v) is 4.84. The Morgan fingerprint density at radius 2 is 1.95 bits per heavy atom. The number of nitrogens with zero attached hydrogens (tertiary/aromatic N) is 1. The van der Waals surface area contributed by atoms with Crippen LogP contribution in [0.1, 0.15) is 56.6 Å². The van der Waals surface area contributed by atoms with Gasteiger partial charge in [-0.25, -0.2) is 0 Å². The molecule has 2 heterocycles. The van der Waals surface area contributed by atoms with Gasteiger partial charge in [-0.3, -0.25) is 4.79 Å². The van der Waals surface area contributed by atoms with Gasteiger partial charge in [-0.15, -0.1) is 0 Å². The monoisotopic (exact) mass is 286 g/mol. The van der Waals surface area contributed by atoms with E-state index in [1.54, 1.807) is 0 Å². The second kappa shape index (κ2) is 7.08. The lowest BCUT2D eigenvalue weighted by Crippen LogP contribution is -2.38. The van der Waals surface area contributed by atoms with Gasteiger partial charge >= 0.3 is 0 Å². The zero-order valence-electron chi connectivity index (χ0n) is 12.8. The van der Waals surface area contributed by atoms with Crippen LogP contribution < -0.4 is 5.32 Å². The summed E-state index contributed by atoms with van der Waals surface area (Å²) in [4.78, 5) is 14.9. The van der Waals surface area contributed by atoms with Crippen molar-refractivity contribution < 1.29 is 4.79 Å². The van der Waals surface area contributed by atoms with E-state index in [-0.39, 0.29) is 6.04 Å². The van der Waals surface area contributed by atoms with Crippen LogP contribution >= 0.6 is 0 Å². The Hall–Kier alpha value is -1.35. The first-order valence-corrected chi connectivity index (χ1v) is 8.42. The highest BCUT2D eigenvalue weighted by atomic mass is 16.2. The minimum atomic E-state index is 0.280. The molecule has 2 unspecified atom stereocenters. The third kappa shape index (κ3) is 3.65. The molecule has 1 aromatic carbocycles. The minimum Gasteiger partial charge on any atom is -0.336 e. The lowest BCUT2D eigenvalue weighted by molar-refractivity contribution is -0.134. The molecule has 2 aliphatic heterocycles. The van der Waals surface area contributed by atoms with Crippen LogP contribution in [-0.4, -0.2) is 29.9 Å². The maximum atomic E-state index is 12.8. The van der Waals surface area contributed by atoms with Gasteiger partial charge in [0.05, 0.1) is 6.04 Å². The molecular weight excluding hydrogens is 260 g/mol. The Morgan fingerprint density at radius 1 is 1.10 bits per heavy atom. The molecule has 0 saturated carbocycles. The zero-order valence-corrected chi connectivity index (χ0v) is 12.8. The number of likely N-dealkylation sites (tertiary alicyclic amines) is 1. The van der Waals surface area contributed by atoms with Crippen LogP contribution in [0.25, 0.3) is 0 Å². The molecule has 0 aromatic heterocycles. The van der Waals surface area contributed by atoms with Gasteiger partial charge in [0.15, 0.2) is 0 Å². The van der Waals surface area contributed by atoms with Gasteiger partial charge < -0.3 is 10.2 Å². The summed E-state index contributed by atoms with van der Waals surface area (Å²) in [5.41, 5.74) is 1.30. The van der Waals surface area contributed by atoms with E-state index in [1.165, 1.54) is 24.8 Å². The van der Waals surface area contributed by atoms with Crippen molar-refractivity contribution in [1.82, 2.24) is 10.2 Å². The van der Waals surface area contributed by atoms with Crippen LogP contribution in [0.15, 0.2) is 30.3 Å². The van der Waals surface area contributed by atoms with Gasteiger partial charge in [-0.2, -0.15) is 0 Å². The number of amides is 1. The van der Waals surface area contributed by atoms with Crippen LogP contribution in [0.3, 0.4) is 0 Å². The van der Waals surface area contributed by atoms with Crippen molar-refractivity contribution in [3.8, 4) is 0 Å². The number of nitrogens with one attached hydrogen (secondary N) is 1. The summed E-state index contributed by atoms with van der Waals surface area (Å²) in [6, 6.07) is 11.2. The van der Waals surface area contributed by atoms with E-state index in [4.69, 9.17) is 0 Å². The van der Waals surface area contributed by atoms with Crippen molar-refractivity contribution in [2.75, 3.05) is 13.1 Å². The quantitative estimate of drug-likeness (QED) is 0.925. The van der Waals surface area contributed by atoms with Crippen molar-refractivity contribution in [3.05, 3.63) is 35.9 Å². The Morgan fingerprint density at radius 3 is 2.71 bits per heavy atom. The van der Waals surface area contributed by atoms with E-state index in [1.807, 2.05) is 0 Å². The van der Waals surface area contributed by atoms with Crippen LogP contribution in [0.4, 0.5) is 0 Å². The molecule has 114 valence electrons. The van der Waals surface area contributed by atoms with E-state index in [9.17, 15) is 4.79 Å². The molecule has 3 rings (SSSR count). The Bertz CT molecular complexity index is 454. The highest BCUT2D eigenvalue weighted by Crippen LogP contribution is 2.31. The molecule has 3 heteroatoms. The van der Waals surface area contributed by atoms with Gasteiger partial charge in [-0.05, 0) is 37.8 Å². The number of benzene rings is 1. The first-order valence-electron chi connectivity index (χ1n) is 8.42. The largest absolute Gasteiger partial charge is 0.336 e. The van der Waals surface area contributed by atoms with Gasteiger partial charge in [0.1, 0.15) is 0 Å². The fourth-order valence-corrected chi connectivity index (χ4v) is 3.69. The lowest BCUT2D eigenvalue weighted by Gasteiger charge is -2.31. The summed E-state index contributed by atoms with van der Waals surface area (Å²) in [5, 5.41) is 3.45. The Labute approximate surface area is 127 Å². The SMILES string of the molecule is O=C(CC1CCCN1)N1CCCCCC1c1ccccc1. The molecule has 0 aliphatic carbocycles. The Kier molecular flexibility index (Phi) is 4.91. The lowest BCUT2D eigenvalue weighted by atomic mass is 10.00. The molecule has 1 aromatic rings. The van der Waals surface area contributed by atoms with E-state index in [2.05, 4.69) is 40.5 Å². The van der Waals surface area contributed by atoms with Crippen molar-refractivity contribution in [3.63, 3.8) is 0 Å². The summed E-state index contributed by atoms with van der Waals surface area (Å²) in [6.07, 6.45) is 7.75. The first-order chi connectivity index (χ1) is 10.3. The van der Waals surface area contributed by atoms with E-state index >= 15 is 0 Å². The molecule has 21 heavy (non-hydrogen) atoms. The van der Waals surface area contributed by atoms with E-state index < -0.39 is 0 Å². The molecule has 1 N–H and O–H groups in total. The number of carbonyl (C=O) groups is 1. The predicted octanol–water partition coefficient (Wildman–Crippen LogP) is 3.27. The van der Waals surface area contributed by atoms with Crippen molar-refractivity contribution >= 4 is 5.91 Å². The van der Waals surface area contributed by atoms with Crippen molar-refractivity contribution in [2.24, 2.45) is 0 Å². The molecule has 0 spiro atoms. The fraction of sp³-hybridized carbons (Fsp3) is 0.611. The average Bonchev–Trinajstić information content (AvgIpc) is 2.89. The molecule has 0 radical (unpaired) electrons. The highest BCUT2D eigenvalue weighted by Gasteiger charge is 2.28. The molecule has 0 bridgehead atoms. The van der Waals surface area contributed by atoms with Crippen LogP contribution in [0.5, 0.6) is 0 Å². The Balaban J connectivity index is 1.73. The molecule has 2 atom stereocenters. The minimum absolute atomic E-state index is 0.280. The molecule has 3 nitrogen and oxygen atoms in total. The number of rotatable bonds is 3. The van der Waals surface area contributed by atoms with E-state index in [0.717, 1.165) is 32.4 Å². The van der Waals surface area contributed by atoms with E-state index in [0.29, 0.717) is 18.4 Å². The molecular formula is C18H26N2O. The van der Waals surface area contributed by atoms with Crippen molar-refractivity contribution in [1.29, 1.82) is 0 Å². The van der Waals surface area contributed by atoms with Gasteiger partial charge in [0.2, 0.25) is 5.91 Å². The standard InChI is InChI=1S/C18H26N2O/c21-18(14-16-10-7-12-19-16)20-13-6-2-5-11-17(20)15-8-3-1-4-9-15/h1,3-4,8-9,16-17,19H,2,5-7,10-14H2. The molecule has 2 aliphatic rings. The number of carbonyl (C=O) groups excluding carboxylic acids is 1. The maximum Gasteiger partial charge on any atom is 0.224 e. The van der Waals surface area contributed by atoms with Gasteiger partial charge in [0.25, 0.3) is 0 Å². The molecule has 2 saturated heterocycles. The average molecular weight is 286 g/mol. The summed E-state index contributed by atoms with van der Waals surface area (Å²) < 4.78 is 0. The fourth-order valence-electron chi connectivity index (χ4n) is 3.69. The second-order valence-electron chi connectivity index (χ2n) is 6.36. The first kappa shape index (κ1) is 14.6. The van der Waals surface area contributed by atoms with Gasteiger partial charge in [0, 0.05) is 19.0 Å². The van der Waals surface area contributed by atoms with Gasteiger partial charge in [-0.1, -0.05) is 43.2 Å². The number of hydrogen-bond acceptors (Lipinski definition) is 2. The summed E-state index contributed by atoms with van der Waals surface area (Å²) in [6.45, 7) is 1.99. The topological polar surface area (TPSA) is 32.3 Å². The normalized spacial score (nSPS) is 26.6. The smallest absolute Gasteiger partial charge is 0.224 e. The maximum absolute atomic E-state index is 12.8. The van der Waals surface area contributed by atoms with Crippen LogP contribution in [0, 0.1) is 0 Å². The number of hydrogen-bond donors (Lipinski definition) is 1. The zero-order chi connectivity index (χ0) is 14.5. The molecule has 2 fully saturated rings. The van der Waals surface area contributed by atoms with Crippen molar-refractivity contribution in [2.45, 2.75) is 57.0 Å². The highest BCUT2D eigenvalue weighted by molar-refractivity contribution is 5.77. The van der Waals surface area contributed by atoms with Crippen LogP contribution in [-0.2, 0) is 4.79 Å². The summed E-state index contributed by atoms with van der Waals surface area (Å²) >= 11 is 0. The summed E-state index contributed by atoms with van der Waals surface area (Å²) in [7, 11) is 0. The van der Waals surface area contributed by atoms with Crippen LogP contribution in [0.2, 0.25) is 0 Å². The third-order valence-electron chi connectivity index (χ3n) is 4.84. The second-order valence-corrected chi connectivity index (χ2v) is 6.36. The summed E-state index contributed by atoms with van der Waals surface area (Å²) in [5.74, 6) is 0.338. The molecule has 1 amide bonds. The predicted molar refractivity (Wildman–Crippen MR) is 85.0 cm³/mol.